The predicted molar refractivity (Wildman–Crippen MR) is 103 cm³/mol. The molecule has 0 heterocycles. The summed E-state index contributed by atoms with van der Waals surface area (Å²) in [6.07, 6.45) is 0. The van der Waals surface area contributed by atoms with E-state index in [2.05, 4.69) is 38.8 Å². The number of para-hydroxylation sites is 1. The molecule has 0 saturated carbocycles. The maximum Gasteiger partial charge on any atom is 0.257 e. The van der Waals surface area contributed by atoms with Gasteiger partial charge in [-0.15, -0.1) is 0 Å². The minimum Gasteiger partial charge on any atom is -0.322 e. The first-order valence-electron chi connectivity index (χ1n) is 7.91. The molecule has 2 rings (SSSR count). The molecule has 0 aliphatic carbocycles. The van der Waals surface area contributed by atoms with Gasteiger partial charge in [-0.25, -0.2) is 0 Å². The van der Waals surface area contributed by atoms with E-state index in [1.807, 2.05) is 36.4 Å². The standard InChI is InChI=1S/C19H24ClNOSi/c1-13(2)14-9-6-7-11-16(14)21-19(22)18-15(20)10-8-12-17(18)23(3,4)5/h6-13H,1-5H3,(H,21,22). The lowest BCUT2D eigenvalue weighted by molar-refractivity contribution is 0.102. The smallest absolute Gasteiger partial charge is 0.257 e. The molecule has 122 valence electrons. The maximum atomic E-state index is 12.9. The van der Waals surface area contributed by atoms with E-state index in [1.165, 1.54) is 0 Å². The summed E-state index contributed by atoms with van der Waals surface area (Å²) in [6.45, 7) is 10.9. The fourth-order valence-corrected chi connectivity index (χ4v) is 4.61. The third kappa shape index (κ3) is 4.04. The minimum absolute atomic E-state index is 0.124. The molecule has 0 unspecified atom stereocenters. The number of halogens is 1. The zero-order chi connectivity index (χ0) is 17.2. The summed E-state index contributed by atoms with van der Waals surface area (Å²) in [7, 11) is -1.67. The van der Waals surface area contributed by atoms with Crippen LogP contribution in [-0.2, 0) is 0 Å². The number of hydrogen-bond donors (Lipinski definition) is 1. The van der Waals surface area contributed by atoms with E-state index < -0.39 is 8.07 Å². The molecule has 2 aromatic carbocycles. The molecule has 0 saturated heterocycles. The number of hydrogen-bond acceptors (Lipinski definition) is 1. The van der Waals surface area contributed by atoms with E-state index in [9.17, 15) is 4.79 Å². The van der Waals surface area contributed by atoms with Gasteiger partial charge < -0.3 is 5.32 Å². The second-order valence-corrected chi connectivity index (χ2v) is 12.6. The molecule has 0 aliphatic heterocycles. The van der Waals surface area contributed by atoms with Crippen molar-refractivity contribution in [2.75, 3.05) is 5.32 Å². The highest BCUT2D eigenvalue weighted by atomic mass is 35.5. The Morgan fingerprint density at radius 1 is 1.04 bits per heavy atom. The lowest BCUT2D eigenvalue weighted by Crippen LogP contribution is -2.42. The maximum absolute atomic E-state index is 12.9. The lowest BCUT2D eigenvalue weighted by Gasteiger charge is -2.22. The van der Waals surface area contributed by atoms with Crippen LogP contribution in [0.2, 0.25) is 24.7 Å². The highest BCUT2D eigenvalue weighted by Crippen LogP contribution is 2.25. The average Bonchev–Trinajstić information content (AvgIpc) is 2.46. The molecule has 0 aliphatic rings. The molecule has 2 nitrogen and oxygen atoms in total. The van der Waals surface area contributed by atoms with Crippen LogP contribution in [0.15, 0.2) is 42.5 Å². The fourth-order valence-electron chi connectivity index (χ4n) is 2.68. The van der Waals surface area contributed by atoms with Gasteiger partial charge in [-0.05, 0) is 28.8 Å². The lowest BCUT2D eigenvalue weighted by atomic mass is 10.0. The number of anilines is 1. The average molecular weight is 346 g/mol. The van der Waals surface area contributed by atoms with Crippen molar-refractivity contribution in [1.82, 2.24) is 0 Å². The SMILES string of the molecule is CC(C)c1ccccc1NC(=O)c1c(Cl)cccc1[Si](C)(C)C. The van der Waals surface area contributed by atoms with Crippen LogP contribution in [0.3, 0.4) is 0 Å². The molecular weight excluding hydrogens is 322 g/mol. The Hall–Kier alpha value is -1.58. The molecule has 0 bridgehead atoms. The van der Waals surface area contributed by atoms with Gasteiger partial charge in [-0.3, -0.25) is 4.79 Å². The summed E-state index contributed by atoms with van der Waals surface area (Å²) in [5, 5.41) is 4.67. The largest absolute Gasteiger partial charge is 0.322 e. The first kappa shape index (κ1) is 17.8. The van der Waals surface area contributed by atoms with E-state index in [1.54, 1.807) is 6.07 Å². The van der Waals surface area contributed by atoms with Crippen molar-refractivity contribution in [3.8, 4) is 0 Å². The monoisotopic (exact) mass is 345 g/mol. The van der Waals surface area contributed by atoms with Crippen molar-refractivity contribution in [3.63, 3.8) is 0 Å². The zero-order valence-electron chi connectivity index (χ0n) is 14.4. The Balaban J connectivity index is 2.44. The van der Waals surface area contributed by atoms with Crippen molar-refractivity contribution in [2.45, 2.75) is 39.4 Å². The Morgan fingerprint density at radius 2 is 1.70 bits per heavy atom. The molecule has 4 heteroatoms. The van der Waals surface area contributed by atoms with E-state index in [0.717, 1.165) is 16.4 Å². The van der Waals surface area contributed by atoms with Crippen LogP contribution in [0.4, 0.5) is 5.69 Å². The van der Waals surface area contributed by atoms with E-state index in [4.69, 9.17) is 11.6 Å². The summed E-state index contributed by atoms with van der Waals surface area (Å²) in [5.74, 6) is 0.218. The van der Waals surface area contributed by atoms with Crippen LogP contribution in [0.25, 0.3) is 0 Å². The summed E-state index contributed by atoms with van der Waals surface area (Å²) in [5.41, 5.74) is 2.60. The molecule has 1 N–H and O–H groups in total. The molecule has 0 aromatic heterocycles. The molecule has 0 atom stereocenters. The van der Waals surface area contributed by atoms with Crippen LogP contribution in [0.5, 0.6) is 0 Å². The van der Waals surface area contributed by atoms with Gasteiger partial charge in [0.15, 0.2) is 0 Å². The second-order valence-electron chi connectivity index (χ2n) is 7.11. The summed E-state index contributed by atoms with van der Waals surface area (Å²) in [4.78, 5) is 12.9. The van der Waals surface area contributed by atoms with Crippen molar-refractivity contribution in [1.29, 1.82) is 0 Å². The quantitative estimate of drug-likeness (QED) is 0.752. The van der Waals surface area contributed by atoms with Crippen LogP contribution in [-0.4, -0.2) is 14.0 Å². The highest BCUT2D eigenvalue weighted by Gasteiger charge is 2.25. The summed E-state index contributed by atoms with van der Waals surface area (Å²) < 4.78 is 0. The summed E-state index contributed by atoms with van der Waals surface area (Å²) >= 11 is 6.36. The Bertz CT molecular complexity index is 720. The van der Waals surface area contributed by atoms with Gasteiger partial charge >= 0.3 is 0 Å². The number of rotatable bonds is 4. The third-order valence-electron chi connectivity index (χ3n) is 3.88. The number of amides is 1. The predicted octanol–water partition coefficient (Wildman–Crippen LogP) is 5.26. The van der Waals surface area contributed by atoms with Crippen molar-refractivity contribution in [2.24, 2.45) is 0 Å². The van der Waals surface area contributed by atoms with E-state index in [-0.39, 0.29) is 5.91 Å². The minimum atomic E-state index is -1.67. The molecule has 1 amide bonds. The highest BCUT2D eigenvalue weighted by molar-refractivity contribution is 6.89. The van der Waals surface area contributed by atoms with Gasteiger partial charge in [0.05, 0.1) is 18.7 Å². The van der Waals surface area contributed by atoms with Gasteiger partial charge in [-0.1, -0.05) is 75.4 Å². The molecule has 2 aromatic rings. The number of nitrogens with one attached hydrogen (secondary N) is 1. The van der Waals surface area contributed by atoms with E-state index in [0.29, 0.717) is 16.5 Å². The van der Waals surface area contributed by atoms with Gasteiger partial charge in [0, 0.05) is 5.69 Å². The van der Waals surface area contributed by atoms with Crippen LogP contribution >= 0.6 is 11.6 Å². The Morgan fingerprint density at radius 3 is 2.30 bits per heavy atom. The summed E-state index contributed by atoms with van der Waals surface area (Å²) in [6, 6.07) is 13.7. The van der Waals surface area contributed by atoms with Gasteiger partial charge in [-0.2, -0.15) is 0 Å². The van der Waals surface area contributed by atoms with Crippen LogP contribution in [0.1, 0.15) is 35.7 Å². The topological polar surface area (TPSA) is 29.1 Å². The van der Waals surface area contributed by atoms with Gasteiger partial charge in [0.2, 0.25) is 0 Å². The molecule has 0 radical (unpaired) electrons. The number of carbonyl (C=O) groups excluding carboxylic acids is 1. The van der Waals surface area contributed by atoms with Crippen molar-refractivity contribution >= 4 is 36.5 Å². The van der Waals surface area contributed by atoms with Gasteiger partial charge in [0.25, 0.3) is 5.91 Å². The normalized spacial score (nSPS) is 11.6. The van der Waals surface area contributed by atoms with Crippen molar-refractivity contribution < 1.29 is 4.79 Å². The fraction of sp³-hybridized carbons (Fsp3) is 0.316. The number of carbonyl (C=O) groups is 1. The number of benzene rings is 2. The van der Waals surface area contributed by atoms with E-state index >= 15 is 0 Å². The first-order valence-corrected chi connectivity index (χ1v) is 11.8. The van der Waals surface area contributed by atoms with Crippen molar-refractivity contribution in [3.05, 3.63) is 58.6 Å². The molecular formula is C19H24ClNOSi. The molecule has 0 fully saturated rings. The van der Waals surface area contributed by atoms with Crippen LogP contribution < -0.4 is 10.5 Å². The van der Waals surface area contributed by atoms with Crippen LogP contribution in [0, 0.1) is 0 Å². The zero-order valence-corrected chi connectivity index (χ0v) is 16.2. The second kappa shape index (κ2) is 6.89. The first-order chi connectivity index (χ1) is 10.7. The third-order valence-corrected chi connectivity index (χ3v) is 6.23. The Labute approximate surface area is 144 Å². The molecule has 23 heavy (non-hydrogen) atoms. The Kier molecular flexibility index (Phi) is 5.32. The molecule has 0 spiro atoms. The van der Waals surface area contributed by atoms with Gasteiger partial charge in [0.1, 0.15) is 0 Å².